The van der Waals surface area contributed by atoms with Crippen molar-refractivity contribution in [3.05, 3.63) is 57.6 Å². The number of carbonyl (C=O) groups is 2. The second-order valence-corrected chi connectivity index (χ2v) is 6.19. The van der Waals surface area contributed by atoms with Crippen molar-refractivity contribution in [3.63, 3.8) is 0 Å². The summed E-state index contributed by atoms with van der Waals surface area (Å²) in [6.07, 6.45) is -0.448. The fourth-order valence-corrected chi connectivity index (χ4v) is 3.30. The maximum atomic E-state index is 12.4. The number of Topliss-reactive ketones (excluding diaryl/α,β-unsaturated/α-hetero) is 1. The van der Waals surface area contributed by atoms with Gasteiger partial charge < -0.3 is 16.2 Å². The summed E-state index contributed by atoms with van der Waals surface area (Å²) in [5.41, 5.74) is 4.80. The highest BCUT2D eigenvalue weighted by Crippen LogP contribution is 2.44. The first kappa shape index (κ1) is 15.8. The quantitative estimate of drug-likeness (QED) is 0.586. The van der Waals surface area contributed by atoms with Gasteiger partial charge in [0.1, 0.15) is 0 Å². The van der Waals surface area contributed by atoms with E-state index in [1.165, 1.54) is 18.2 Å². The molecule has 0 radical (unpaired) electrons. The van der Waals surface area contributed by atoms with Crippen molar-refractivity contribution in [2.75, 3.05) is 11.1 Å². The number of amides is 1. The molecule has 1 aliphatic rings. The highest BCUT2D eigenvalue weighted by atomic mass is 35.5. The molecule has 1 atom stereocenters. The van der Waals surface area contributed by atoms with Crippen molar-refractivity contribution >= 4 is 46.3 Å². The molecule has 0 saturated heterocycles. The van der Waals surface area contributed by atoms with Crippen LogP contribution in [0.5, 0.6) is 0 Å². The Bertz CT molecular complexity index is 838. The third kappa shape index (κ3) is 2.67. The lowest BCUT2D eigenvalue weighted by atomic mass is 9.88. The van der Waals surface area contributed by atoms with Crippen LogP contribution in [0, 0.1) is 0 Å². The zero-order valence-corrected chi connectivity index (χ0v) is 13.3. The zero-order valence-electron chi connectivity index (χ0n) is 11.8. The molecule has 0 unspecified atom stereocenters. The molecule has 0 aliphatic carbocycles. The van der Waals surface area contributed by atoms with Gasteiger partial charge in [-0.3, -0.25) is 9.59 Å². The number of rotatable bonds is 3. The number of hydrogen-bond donors (Lipinski definition) is 3. The average molecular weight is 351 g/mol. The van der Waals surface area contributed by atoms with Crippen LogP contribution in [0.3, 0.4) is 0 Å². The van der Waals surface area contributed by atoms with Crippen LogP contribution in [-0.2, 0) is 10.4 Å². The van der Waals surface area contributed by atoms with E-state index in [4.69, 9.17) is 28.9 Å². The molecule has 1 aliphatic heterocycles. The largest absolute Gasteiger partial charge is 0.399 e. The molecule has 0 saturated carbocycles. The first-order valence-electron chi connectivity index (χ1n) is 6.73. The second kappa shape index (κ2) is 5.53. The maximum Gasteiger partial charge on any atom is 0.261 e. The zero-order chi connectivity index (χ0) is 16.8. The molecule has 0 spiro atoms. The van der Waals surface area contributed by atoms with Crippen molar-refractivity contribution in [3.8, 4) is 0 Å². The van der Waals surface area contributed by atoms with Crippen molar-refractivity contribution < 1.29 is 14.7 Å². The van der Waals surface area contributed by atoms with Crippen LogP contribution in [0.15, 0.2) is 36.4 Å². The van der Waals surface area contributed by atoms with Crippen LogP contribution >= 0.6 is 23.2 Å². The molecule has 2 aromatic carbocycles. The smallest absolute Gasteiger partial charge is 0.261 e. The van der Waals surface area contributed by atoms with Crippen molar-refractivity contribution in [1.29, 1.82) is 0 Å². The van der Waals surface area contributed by atoms with Crippen LogP contribution in [0.1, 0.15) is 22.3 Å². The topological polar surface area (TPSA) is 92.4 Å². The molecule has 5 nitrogen and oxygen atoms in total. The number of nitrogen functional groups attached to an aromatic ring is 1. The molecule has 1 heterocycles. The Balaban J connectivity index is 2.00. The number of nitrogens with one attached hydrogen (secondary N) is 1. The summed E-state index contributed by atoms with van der Waals surface area (Å²) in [7, 11) is 0. The molecule has 3 rings (SSSR count). The molecular weight excluding hydrogens is 339 g/mol. The normalized spacial score (nSPS) is 19.3. The van der Waals surface area contributed by atoms with Gasteiger partial charge >= 0.3 is 0 Å². The lowest BCUT2D eigenvalue weighted by Crippen LogP contribution is -2.36. The van der Waals surface area contributed by atoms with E-state index >= 15 is 0 Å². The first-order chi connectivity index (χ1) is 10.8. The standard InChI is InChI=1S/C16H12Cl2N2O3/c17-9-5-11(18)14-12(6-9)20-15(22)16(14,23)7-13(21)8-2-1-3-10(19)4-8/h1-6,23H,7,19H2,(H,20,22)/t16-/m0/s1. The Labute approximate surface area is 142 Å². The summed E-state index contributed by atoms with van der Waals surface area (Å²) >= 11 is 12.0. The summed E-state index contributed by atoms with van der Waals surface area (Å²) in [4.78, 5) is 24.6. The minimum Gasteiger partial charge on any atom is -0.399 e. The first-order valence-corrected chi connectivity index (χ1v) is 7.49. The number of anilines is 2. The average Bonchev–Trinajstić information content (AvgIpc) is 2.69. The van der Waals surface area contributed by atoms with Crippen molar-refractivity contribution in [2.24, 2.45) is 0 Å². The van der Waals surface area contributed by atoms with Gasteiger partial charge in [0.15, 0.2) is 11.4 Å². The third-order valence-corrected chi connectivity index (χ3v) is 4.23. The van der Waals surface area contributed by atoms with E-state index in [0.717, 1.165) is 0 Å². The van der Waals surface area contributed by atoms with E-state index < -0.39 is 23.7 Å². The Morgan fingerprint density at radius 3 is 2.70 bits per heavy atom. The Morgan fingerprint density at radius 1 is 1.26 bits per heavy atom. The van der Waals surface area contributed by atoms with Gasteiger partial charge in [-0.05, 0) is 24.3 Å². The number of carbonyl (C=O) groups excluding carboxylic acids is 2. The molecule has 2 aromatic rings. The Hall–Kier alpha value is -2.08. The van der Waals surface area contributed by atoms with E-state index in [2.05, 4.69) is 5.32 Å². The minimum absolute atomic E-state index is 0.119. The van der Waals surface area contributed by atoms with Gasteiger partial charge in [0.2, 0.25) is 0 Å². The molecule has 23 heavy (non-hydrogen) atoms. The Morgan fingerprint density at radius 2 is 2.00 bits per heavy atom. The molecule has 1 amide bonds. The van der Waals surface area contributed by atoms with Crippen LogP contribution in [0.4, 0.5) is 11.4 Å². The number of benzene rings is 2. The lowest BCUT2D eigenvalue weighted by Gasteiger charge is -2.21. The van der Waals surface area contributed by atoms with E-state index in [1.54, 1.807) is 18.2 Å². The molecule has 4 N–H and O–H groups in total. The summed E-state index contributed by atoms with van der Waals surface area (Å²) in [6, 6.07) is 9.22. The second-order valence-electron chi connectivity index (χ2n) is 5.35. The molecule has 118 valence electrons. The molecule has 0 bridgehead atoms. The number of aliphatic hydroxyl groups is 1. The number of ketones is 1. The molecule has 0 aromatic heterocycles. The number of hydrogen-bond acceptors (Lipinski definition) is 4. The monoisotopic (exact) mass is 350 g/mol. The molecule has 7 heteroatoms. The lowest BCUT2D eigenvalue weighted by molar-refractivity contribution is -0.133. The van der Waals surface area contributed by atoms with Crippen LogP contribution in [0.2, 0.25) is 10.0 Å². The third-order valence-electron chi connectivity index (χ3n) is 3.72. The van der Waals surface area contributed by atoms with Gasteiger partial charge in [-0.15, -0.1) is 0 Å². The van der Waals surface area contributed by atoms with Crippen LogP contribution < -0.4 is 11.1 Å². The highest BCUT2D eigenvalue weighted by Gasteiger charge is 2.48. The predicted octanol–water partition coefficient (Wildman–Crippen LogP) is 2.99. The van der Waals surface area contributed by atoms with Gasteiger partial charge in [-0.1, -0.05) is 35.3 Å². The van der Waals surface area contributed by atoms with E-state index in [1.807, 2.05) is 0 Å². The SMILES string of the molecule is Nc1cccc(C(=O)C[C@@]2(O)C(=O)Nc3cc(Cl)cc(Cl)c32)c1. The van der Waals surface area contributed by atoms with Gasteiger partial charge in [0, 0.05) is 21.8 Å². The fourth-order valence-electron chi connectivity index (χ4n) is 2.65. The molecule has 0 fully saturated rings. The van der Waals surface area contributed by atoms with E-state index in [9.17, 15) is 14.7 Å². The van der Waals surface area contributed by atoms with Crippen molar-refractivity contribution in [2.45, 2.75) is 12.0 Å². The van der Waals surface area contributed by atoms with Gasteiger partial charge in [0.05, 0.1) is 17.1 Å². The van der Waals surface area contributed by atoms with E-state index in [0.29, 0.717) is 22.0 Å². The van der Waals surface area contributed by atoms with Gasteiger partial charge in [-0.25, -0.2) is 0 Å². The van der Waals surface area contributed by atoms with Gasteiger partial charge in [0.25, 0.3) is 5.91 Å². The summed E-state index contributed by atoms with van der Waals surface area (Å²) in [6.45, 7) is 0. The highest BCUT2D eigenvalue weighted by molar-refractivity contribution is 6.36. The van der Waals surface area contributed by atoms with Crippen LogP contribution in [0.25, 0.3) is 0 Å². The van der Waals surface area contributed by atoms with Crippen molar-refractivity contribution in [1.82, 2.24) is 0 Å². The number of halogens is 2. The number of fused-ring (bicyclic) bond motifs is 1. The predicted molar refractivity (Wildman–Crippen MR) is 88.8 cm³/mol. The summed E-state index contributed by atoms with van der Waals surface area (Å²) < 4.78 is 0. The van der Waals surface area contributed by atoms with E-state index in [-0.39, 0.29) is 10.6 Å². The number of nitrogens with two attached hydrogens (primary N) is 1. The fraction of sp³-hybridized carbons (Fsp3) is 0.125. The molecular formula is C16H12Cl2N2O3. The minimum atomic E-state index is -2.04. The van der Waals surface area contributed by atoms with Gasteiger partial charge in [-0.2, -0.15) is 0 Å². The summed E-state index contributed by atoms with van der Waals surface area (Å²) in [5.74, 6) is -1.14. The maximum absolute atomic E-state index is 12.4. The van der Waals surface area contributed by atoms with Crippen LogP contribution in [-0.4, -0.2) is 16.8 Å². The Kier molecular flexibility index (Phi) is 3.80. The summed E-state index contributed by atoms with van der Waals surface area (Å²) in [5, 5.41) is 13.7.